The molecule has 0 aliphatic rings. The van der Waals surface area contributed by atoms with E-state index in [1.807, 2.05) is 12.2 Å². The summed E-state index contributed by atoms with van der Waals surface area (Å²) in [6.45, 7) is 7.87. The summed E-state index contributed by atoms with van der Waals surface area (Å²) in [5, 5.41) is 0. The predicted molar refractivity (Wildman–Crippen MR) is 232 cm³/mol. The van der Waals surface area contributed by atoms with Crippen molar-refractivity contribution in [2.24, 2.45) is 0 Å². The lowest BCUT2D eigenvalue weighted by atomic mass is 10.0. The van der Waals surface area contributed by atoms with Crippen LogP contribution in [0.25, 0.3) is 45.5 Å². The molecule has 0 fully saturated rings. The molecule has 0 saturated carbocycles. The van der Waals surface area contributed by atoms with Crippen LogP contribution in [0.5, 0.6) is 0 Å². The summed E-state index contributed by atoms with van der Waals surface area (Å²) in [5.74, 6) is 0. The van der Waals surface area contributed by atoms with Gasteiger partial charge < -0.3 is 9.80 Å². The zero-order chi connectivity index (χ0) is 36.7. The third kappa shape index (κ3) is 7.27. The van der Waals surface area contributed by atoms with Crippen LogP contribution in [0.3, 0.4) is 0 Å². The number of benzene rings is 8. The lowest BCUT2D eigenvalue weighted by Crippen LogP contribution is -2.10. The predicted octanol–water partition coefficient (Wildman–Crippen LogP) is 14.9. The van der Waals surface area contributed by atoms with Gasteiger partial charge in [0.1, 0.15) is 0 Å². The fourth-order valence-corrected chi connectivity index (χ4v) is 6.95. The highest BCUT2D eigenvalue weighted by atomic mass is 15.1. The normalized spacial score (nSPS) is 10.7. The molecule has 2 nitrogen and oxygen atoms in total. The summed E-state index contributed by atoms with van der Waals surface area (Å²) in [7, 11) is 0. The van der Waals surface area contributed by atoms with Gasteiger partial charge in [-0.05, 0) is 129 Å². The van der Waals surface area contributed by atoms with E-state index in [0.29, 0.717) is 0 Å². The van der Waals surface area contributed by atoms with Gasteiger partial charge in [0.15, 0.2) is 0 Å². The van der Waals surface area contributed by atoms with Crippen LogP contribution in [0.1, 0.15) is 11.1 Å². The number of para-hydroxylation sites is 2. The van der Waals surface area contributed by atoms with E-state index < -0.39 is 0 Å². The molecule has 0 bridgehead atoms. The topological polar surface area (TPSA) is 6.48 Å². The lowest BCUT2D eigenvalue weighted by molar-refractivity contribution is 1.28. The second-order valence-corrected chi connectivity index (χ2v) is 13.2. The Morgan fingerprint density at radius 1 is 0.259 bits per heavy atom. The minimum atomic E-state index is 1.10. The van der Waals surface area contributed by atoms with Crippen molar-refractivity contribution < 1.29 is 0 Å². The zero-order valence-corrected chi connectivity index (χ0v) is 30.1. The molecule has 8 aromatic rings. The van der Waals surface area contributed by atoms with Crippen molar-refractivity contribution in [1.29, 1.82) is 0 Å². The van der Waals surface area contributed by atoms with Gasteiger partial charge in [-0.2, -0.15) is 0 Å². The molecular formula is C52H40N2. The average molecular weight is 693 g/mol. The number of hydrogen-bond acceptors (Lipinski definition) is 2. The van der Waals surface area contributed by atoms with E-state index in [1.54, 1.807) is 0 Å². The monoisotopic (exact) mass is 692 g/mol. The Kier molecular flexibility index (Phi) is 9.82. The Morgan fingerprint density at radius 3 is 0.833 bits per heavy atom. The van der Waals surface area contributed by atoms with E-state index in [1.165, 1.54) is 22.3 Å². The Labute approximate surface area is 318 Å². The van der Waals surface area contributed by atoms with Gasteiger partial charge in [-0.3, -0.25) is 0 Å². The van der Waals surface area contributed by atoms with Crippen LogP contribution >= 0.6 is 0 Å². The second kappa shape index (κ2) is 15.6. The molecule has 258 valence electrons. The average Bonchev–Trinajstić information content (AvgIpc) is 3.26. The SMILES string of the molecule is C=Cc1cccc(-c2ccc(N(c3ccccc3)c3ccc(-c4ccc(N(c5ccccc5)c5ccc(-c6cccc(C=C)c6)cc5)cc4)cc3)cc2)c1. The third-order valence-corrected chi connectivity index (χ3v) is 9.78. The molecule has 54 heavy (non-hydrogen) atoms. The van der Waals surface area contributed by atoms with Crippen LogP contribution in [-0.4, -0.2) is 0 Å². The molecule has 0 radical (unpaired) electrons. The largest absolute Gasteiger partial charge is 0.311 e. The number of rotatable bonds is 11. The second-order valence-electron chi connectivity index (χ2n) is 13.2. The Bertz CT molecular complexity index is 2300. The van der Waals surface area contributed by atoms with Gasteiger partial charge in [0.2, 0.25) is 0 Å². The molecule has 0 saturated heterocycles. The number of hydrogen-bond donors (Lipinski definition) is 0. The molecule has 0 aliphatic carbocycles. The van der Waals surface area contributed by atoms with Crippen LogP contribution in [0, 0.1) is 0 Å². The highest BCUT2D eigenvalue weighted by Crippen LogP contribution is 2.39. The first-order valence-electron chi connectivity index (χ1n) is 18.2. The first kappa shape index (κ1) is 34.0. The van der Waals surface area contributed by atoms with E-state index in [0.717, 1.165) is 56.4 Å². The van der Waals surface area contributed by atoms with Crippen LogP contribution in [0.15, 0.2) is 219 Å². The third-order valence-electron chi connectivity index (χ3n) is 9.78. The molecule has 0 unspecified atom stereocenters. The van der Waals surface area contributed by atoms with Crippen molar-refractivity contribution in [3.05, 3.63) is 231 Å². The van der Waals surface area contributed by atoms with E-state index in [-0.39, 0.29) is 0 Å². The highest BCUT2D eigenvalue weighted by molar-refractivity contribution is 5.82. The van der Waals surface area contributed by atoms with Crippen molar-refractivity contribution in [3.63, 3.8) is 0 Å². The number of anilines is 6. The van der Waals surface area contributed by atoms with E-state index >= 15 is 0 Å². The molecular weight excluding hydrogens is 653 g/mol. The van der Waals surface area contributed by atoms with Crippen LogP contribution in [0.4, 0.5) is 34.1 Å². The maximum absolute atomic E-state index is 3.93. The van der Waals surface area contributed by atoms with E-state index in [4.69, 9.17) is 0 Å². The summed E-state index contributed by atoms with van der Waals surface area (Å²) in [6.07, 6.45) is 3.77. The summed E-state index contributed by atoms with van der Waals surface area (Å²) in [5.41, 5.74) is 15.8. The van der Waals surface area contributed by atoms with Crippen molar-refractivity contribution in [1.82, 2.24) is 0 Å². The summed E-state index contributed by atoms with van der Waals surface area (Å²) >= 11 is 0. The molecule has 0 heterocycles. The maximum atomic E-state index is 3.93. The van der Waals surface area contributed by atoms with Gasteiger partial charge in [0.05, 0.1) is 0 Å². The van der Waals surface area contributed by atoms with Crippen molar-refractivity contribution in [2.75, 3.05) is 9.80 Å². The van der Waals surface area contributed by atoms with Crippen molar-refractivity contribution in [2.45, 2.75) is 0 Å². The fraction of sp³-hybridized carbons (Fsp3) is 0. The quantitative estimate of drug-likeness (QED) is 0.133. The minimum Gasteiger partial charge on any atom is -0.311 e. The Balaban J connectivity index is 1.07. The van der Waals surface area contributed by atoms with Crippen LogP contribution in [-0.2, 0) is 0 Å². The van der Waals surface area contributed by atoms with Crippen LogP contribution in [0.2, 0.25) is 0 Å². The Morgan fingerprint density at radius 2 is 0.537 bits per heavy atom. The smallest absolute Gasteiger partial charge is 0.0462 e. The van der Waals surface area contributed by atoms with E-state index in [2.05, 4.69) is 229 Å². The van der Waals surface area contributed by atoms with Crippen LogP contribution < -0.4 is 9.80 Å². The van der Waals surface area contributed by atoms with E-state index in [9.17, 15) is 0 Å². The summed E-state index contributed by atoms with van der Waals surface area (Å²) in [4.78, 5) is 4.60. The van der Waals surface area contributed by atoms with Crippen molar-refractivity contribution >= 4 is 46.3 Å². The van der Waals surface area contributed by atoms with Gasteiger partial charge in [-0.1, -0.05) is 147 Å². The van der Waals surface area contributed by atoms with Crippen molar-refractivity contribution in [3.8, 4) is 33.4 Å². The van der Waals surface area contributed by atoms with Gasteiger partial charge in [0, 0.05) is 34.1 Å². The molecule has 2 heteroatoms. The maximum Gasteiger partial charge on any atom is 0.0462 e. The van der Waals surface area contributed by atoms with Gasteiger partial charge in [-0.15, -0.1) is 0 Å². The first-order chi connectivity index (χ1) is 26.7. The Hall–Kier alpha value is -7.16. The zero-order valence-electron chi connectivity index (χ0n) is 30.1. The molecule has 0 aliphatic heterocycles. The minimum absolute atomic E-state index is 1.10. The molecule has 8 rings (SSSR count). The molecule has 0 spiro atoms. The first-order valence-corrected chi connectivity index (χ1v) is 18.2. The lowest BCUT2D eigenvalue weighted by Gasteiger charge is -2.26. The summed E-state index contributed by atoms with van der Waals surface area (Å²) < 4.78 is 0. The molecule has 0 atom stereocenters. The fourth-order valence-electron chi connectivity index (χ4n) is 6.95. The molecule has 0 amide bonds. The standard InChI is InChI=1S/C52H40N2/c1-3-39-13-11-15-45(37-39)43-25-33-51(34-26-43)53(47-17-7-5-8-18-47)49-29-21-41(22-30-49)42-23-31-50(32-24-42)54(48-19-9-6-10-20-48)52-35-27-44(28-36-52)46-16-12-14-40(4-2)38-46/h3-38H,1-2H2. The molecule has 0 aromatic heterocycles. The van der Waals surface area contributed by atoms with Gasteiger partial charge >= 0.3 is 0 Å². The summed E-state index contributed by atoms with van der Waals surface area (Å²) in [6, 6.07) is 73.2. The van der Waals surface area contributed by atoms with Gasteiger partial charge in [-0.25, -0.2) is 0 Å². The highest BCUT2D eigenvalue weighted by Gasteiger charge is 2.15. The molecule has 0 N–H and O–H groups in total. The number of nitrogens with zero attached hydrogens (tertiary/aromatic N) is 2. The molecule has 8 aromatic carbocycles. The van der Waals surface area contributed by atoms with Gasteiger partial charge in [0.25, 0.3) is 0 Å².